The standard InChI is InChI=1S/C28H35N3O5S/c1-6-35-26(33)20-10-12-30(13-11-20)23(32)15-21-16-37-28-29-19(5)24(27(34)36-7-2)25(31(21)28)22-9-8-17(3)14-18(22)4/h8-9,14,16,20,25H,6-7,10-13,15H2,1-5H3. The number of aliphatic imine (C=N–C) groups is 1. The van der Waals surface area contributed by atoms with Gasteiger partial charge < -0.3 is 19.3 Å². The number of hydrogen-bond acceptors (Lipinski definition) is 8. The number of amides is 1. The van der Waals surface area contributed by atoms with Crippen molar-refractivity contribution in [2.45, 2.75) is 59.9 Å². The summed E-state index contributed by atoms with van der Waals surface area (Å²) in [6, 6.07) is 5.75. The molecule has 0 aliphatic carbocycles. The number of esters is 2. The first-order valence-electron chi connectivity index (χ1n) is 12.9. The van der Waals surface area contributed by atoms with Gasteiger partial charge >= 0.3 is 11.9 Å². The predicted octanol–water partition coefficient (Wildman–Crippen LogP) is 4.63. The lowest BCUT2D eigenvalue weighted by atomic mass is 9.90. The number of benzene rings is 1. The second kappa shape index (κ2) is 11.5. The number of carbonyl (C=O) groups excluding carboxylic acids is 3. The first-order valence-corrected chi connectivity index (χ1v) is 13.8. The third-order valence-corrected chi connectivity index (χ3v) is 7.90. The van der Waals surface area contributed by atoms with Crippen LogP contribution in [0.4, 0.5) is 0 Å². The molecule has 1 saturated heterocycles. The fraction of sp³-hybridized carbons (Fsp3) is 0.500. The highest BCUT2D eigenvalue weighted by molar-refractivity contribution is 8.16. The Morgan fingerprint density at radius 2 is 1.76 bits per heavy atom. The predicted molar refractivity (Wildman–Crippen MR) is 143 cm³/mol. The van der Waals surface area contributed by atoms with Gasteiger partial charge in [0.1, 0.15) is 0 Å². The third kappa shape index (κ3) is 5.61. The van der Waals surface area contributed by atoms with Crippen LogP contribution in [0.5, 0.6) is 0 Å². The Balaban J connectivity index is 1.58. The van der Waals surface area contributed by atoms with Crippen molar-refractivity contribution in [2.24, 2.45) is 10.9 Å². The topological polar surface area (TPSA) is 88.5 Å². The number of fused-ring (bicyclic) bond motifs is 1. The largest absolute Gasteiger partial charge is 0.466 e. The van der Waals surface area contributed by atoms with Crippen LogP contribution in [-0.4, -0.2) is 59.1 Å². The normalized spacial score (nSPS) is 19.9. The van der Waals surface area contributed by atoms with Crippen molar-refractivity contribution >= 4 is 34.8 Å². The van der Waals surface area contributed by atoms with Gasteiger partial charge in [0.25, 0.3) is 0 Å². The summed E-state index contributed by atoms with van der Waals surface area (Å²) in [5.74, 6) is -0.723. The first kappa shape index (κ1) is 27.0. The van der Waals surface area contributed by atoms with E-state index in [0.717, 1.165) is 27.6 Å². The zero-order chi connectivity index (χ0) is 26.7. The summed E-state index contributed by atoms with van der Waals surface area (Å²) in [6.07, 6.45) is 1.40. The summed E-state index contributed by atoms with van der Waals surface area (Å²) < 4.78 is 10.6. The smallest absolute Gasteiger partial charge is 0.338 e. The number of amidine groups is 1. The number of ether oxygens (including phenoxy) is 2. The van der Waals surface area contributed by atoms with Gasteiger partial charge in [0, 0.05) is 18.8 Å². The molecule has 198 valence electrons. The Kier molecular flexibility index (Phi) is 8.42. The lowest BCUT2D eigenvalue weighted by Crippen LogP contribution is -2.42. The second-order valence-corrected chi connectivity index (χ2v) is 10.4. The molecule has 1 aromatic rings. The van der Waals surface area contributed by atoms with E-state index in [1.807, 2.05) is 48.1 Å². The highest BCUT2D eigenvalue weighted by Crippen LogP contribution is 2.45. The second-order valence-electron chi connectivity index (χ2n) is 9.56. The van der Waals surface area contributed by atoms with Crippen molar-refractivity contribution in [3.05, 3.63) is 57.3 Å². The summed E-state index contributed by atoms with van der Waals surface area (Å²) >= 11 is 1.47. The Bertz CT molecular complexity index is 1180. The van der Waals surface area contributed by atoms with Gasteiger partial charge in [-0.3, -0.25) is 9.59 Å². The van der Waals surface area contributed by atoms with Crippen LogP contribution in [0.25, 0.3) is 0 Å². The number of aryl methyl sites for hydroxylation is 2. The van der Waals surface area contributed by atoms with Gasteiger partial charge in [-0.2, -0.15) is 0 Å². The molecule has 8 nitrogen and oxygen atoms in total. The molecular formula is C28H35N3O5S. The molecule has 37 heavy (non-hydrogen) atoms. The Morgan fingerprint density at radius 1 is 1.05 bits per heavy atom. The molecule has 0 N–H and O–H groups in total. The molecule has 1 atom stereocenters. The summed E-state index contributed by atoms with van der Waals surface area (Å²) in [5.41, 5.74) is 5.11. The summed E-state index contributed by atoms with van der Waals surface area (Å²) in [5, 5.41) is 2.71. The zero-order valence-electron chi connectivity index (χ0n) is 22.2. The van der Waals surface area contributed by atoms with Crippen LogP contribution >= 0.6 is 11.8 Å². The van der Waals surface area contributed by atoms with Crippen LogP contribution in [0.1, 0.15) is 62.8 Å². The molecule has 1 amide bonds. The molecule has 3 aliphatic heterocycles. The lowest BCUT2D eigenvalue weighted by molar-refractivity contribution is -0.151. The third-order valence-electron chi connectivity index (χ3n) is 7.02. The Labute approximate surface area is 222 Å². The quantitative estimate of drug-likeness (QED) is 0.480. The molecule has 9 heteroatoms. The van der Waals surface area contributed by atoms with Gasteiger partial charge in [0.05, 0.1) is 42.9 Å². The molecule has 0 radical (unpaired) electrons. The average molecular weight is 526 g/mol. The molecule has 1 aromatic carbocycles. The maximum absolute atomic E-state index is 13.4. The summed E-state index contributed by atoms with van der Waals surface area (Å²) in [4.78, 5) is 47.2. The van der Waals surface area contributed by atoms with E-state index in [-0.39, 0.29) is 30.8 Å². The van der Waals surface area contributed by atoms with Crippen molar-refractivity contribution in [3.63, 3.8) is 0 Å². The highest BCUT2D eigenvalue weighted by atomic mass is 32.2. The number of likely N-dealkylation sites (tertiary alicyclic amines) is 1. The van der Waals surface area contributed by atoms with Gasteiger partial charge in [0.15, 0.2) is 5.17 Å². The van der Waals surface area contributed by atoms with Crippen molar-refractivity contribution in [1.82, 2.24) is 9.80 Å². The van der Waals surface area contributed by atoms with Crippen LogP contribution in [0.2, 0.25) is 0 Å². The van der Waals surface area contributed by atoms with E-state index >= 15 is 0 Å². The molecule has 1 unspecified atom stereocenters. The van der Waals surface area contributed by atoms with Crippen molar-refractivity contribution in [3.8, 4) is 0 Å². The molecule has 0 bridgehead atoms. The average Bonchev–Trinajstić information content (AvgIpc) is 3.25. The first-order chi connectivity index (χ1) is 17.7. The number of carbonyl (C=O) groups is 3. The van der Waals surface area contributed by atoms with Crippen molar-refractivity contribution < 1.29 is 23.9 Å². The van der Waals surface area contributed by atoms with Gasteiger partial charge in [-0.05, 0) is 64.0 Å². The van der Waals surface area contributed by atoms with Gasteiger partial charge in [-0.1, -0.05) is 35.5 Å². The van der Waals surface area contributed by atoms with E-state index in [1.165, 1.54) is 11.8 Å². The molecule has 0 spiro atoms. The van der Waals surface area contributed by atoms with Crippen LogP contribution in [-0.2, 0) is 23.9 Å². The molecule has 3 aliphatic rings. The van der Waals surface area contributed by atoms with Crippen molar-refractivity contribution in [2.75, 3.05) is 26.3 Å². The zero-order valence-corrected chi connectivity index (χ0v) is 23.0. The minimum absolute atomic E-state index is 0.00116. The highest BCUT2D eigenvalue weighted by Gasteiger charge is 2.42. The van der Waals surface area contributed by atoms with E-state index in [4.69, 9.17) is 14.5 Å². The minimum Gasteiger partial charge on any atom is -0.466 e. The van der Waals surface area contributed by atoms with Crippen molar-refractivity contribution in [1.29, 1.82) is 0 Å². The van der Waals surface area contributed by atoms with Crippen LogP contribution in [0.15, 0.2) is 45.6 Å². The molecule has 0 saturated carbocycles. The number of allylic oxidation sites excluding steroid dienone is 1. The maximum Gasteiger partial charge on any atom is 0.338 e. The molecule has 1 fully saturated rings. The number of hydrogen-bond donors (Lipinski definition) is 0. The molecule has 3 heterocycles. The fourth-order valence-electron chi connectivity index (χ4n) is 5.16. The van der Waals surface area contributed by atoms with Crippen LogP contribution < -0.4 is 0 Å². The number of rotatable bonds is 7. The van der Waals surface area contributed by atoms with E-state index < -0.39 is 12.0 Å². The van der Waals surface area contributed by atoms with E-state index in [2.05, 4.69) is 6.07 Å². The molecule has 4 rings (SSSR count). The Morgan fingerprint density at radius 3 is 2.41 bits per heavy atom. The van der Waals surface area contributed by atoms with E-state index in [1.54, 1.807) is 13.8 Å². The van der Waals surface area contributed by atoms with Crippen LogP contribution in [0.3, 0.4) is 0 Å². The van der Waals surface area contributed by atoms with E-state index in [9.17, 15) is 14.4 Å². The molecular weight excluding hydrogens is 490 g/mol. The monoisotopic (exact) mass is 525 g/mol. The van der Waals surface area contributed by atoms with Gasteiger partial charge in [0.2, 0.25) is 5.91 Å². The minimum atomic E-state index is -0.434. The lowest BCUT2D eigenvalue weighted by Gasteiger charge is -2.37. The SMILES string of the molecule is CCOC(=O)C1=C(C)N=C2SC=C(CC(=O)N3CCC(C(=O)OCC)CC3)N2C1c1ccc(C)cc1C. The summed E-state index contributed by atoms with van der Waals surface area (Å²) in [6.45, 7) is 11.2. The number of thioether (sulfide) groups is 1. The fourth-order valence-corrected chi connectivity index (χ4v) is 6.12. The summed E-state index contributed by atoms with van der Waals surface area (Å²) in [7, 11) is 0. The number of nitrogens with zero attached hydrogens (tertiary/aromatic N) is 3. The Hall–Kier alpha value is -3.07. The van der Waals surface area contributed by atoms with Gasteiger partial charge in [-0.25, -0.2) is 9.79 Å². The number of piperidine rings is 1. The maximum atomic E-state index is 13.4. The molecule has 0 aromatic heterocycles. The van der Waals surface area contributed by atoms with Gasteiger partial charge in [-0.15, -0.1) is 0 Å². The van der Waals surface area contributed by atoms with Crippen LogP contribution in [0, 0.1) is 19.8 Å². The van der Waals surface area contributed by atoms with E-state index in [0.29, 0.717) is 43.8 Å².